The van der Waals surface area contributed by atoms with Gasteiger partial charge in [0.2, 0.25) is 11.8 Å². The normalized spacial score (nSPS) is 17.0. The predicted octanol–water partition coefficient (Wildman–Crippen LogP) is 3.26. The standard InChI is InChI=1S/C19H18F2N2O2/c1-12-5-7-13(8-6-12)10-23-11-14(9-17(23)24)19(25)22-18-15(20)3-2-4-16(18)21/h2-8,14H,9-11H2,1H3,(H,22,25). The smallest absolute Gasteiger partial charge is 0.229 e. The number of likely N-dealkylation sites (tertiary alicyclic amines) is 1. The van der Waals surface area contributed by atoms with Gasteiger partial charge in [-0.3, -0.25) is 9.59 Å². The second kappa shape index (κ2) is 7.01. The summed E-state index contributed by atoms with van der Waals surface area (Å²) in [5.41, 5.74) is 1.62. The maximum Gasteiger partial charge on any atom is 0.229 e. The first-order valence-corrected chi connectivity index (χ1v) is 8.02. The third kappa shape index (κ3) is 3.84. The van der Waals surface area contributed by atoms with Crippen LogP contribution in [0.2, 0.25) is 0 Å². The molecule has 2 aromatic rings. The number of nitrogens with zero attached hydrogens (tertiary/aromatic N) is 1. The van der Waals surface area contributed by atoms with Crippen molar-refractivity contribution < 1.29 is 18.4 Å². The van der Waals surface area contributed by atoms with E-state index in [9.17, 15) is 18.4 Å². The molecule has 6 heteroatoms. The number of aryl methyl sites for hydroxylation is 1. The number of rotatable bonds is 4. The molecule has 1 fully saturated rings. The molecule has 0 aliphatic carbocycles. The van der Waals surface area contributed by atoms with Crippen molar-refractivity contribution in [2.75, 3.05) is 11.9 Å². The highest BCUT2D eigenvalue weighted by atomic mass is 19.1. The van der Waals surface area contributed by atoms with Crippen molar-refractivity contribution in [2.24, 2.45) is 5.92 Å². The Morgan fingerprint density at radius 3 is 2.44 bits per heavy atom. The Labute approximate surface area is 144 Å². The lowest BCUT2D eigenvalue weighted by molar-refractivity contribution is -0.128. The summed E-state index contributed by atoms with van der Waals surface area (Å²) >= 11 is 0. The van der Waals surface area contributed by atoms with Crippen LogP contribution in [0.3, 0.4) is 0 Å². The second-order valence-electron chi connectivity index (χ2n) is 6.25. The number of para-hydroxylation sites is 1. The van der Waals surface area contributed by atoms with Gasteiger partial charge in [0.1, 0.15) is 17.3 Å². The SMILES string of the molecule is Cc1ccc(CN2CC(C(=O)Nc3c(F)cccc3F)CC2=O)cc1. The molecular weight excluding hydrogens is 326 g/mol. The molecule has 1 unspecified atom stereocenters. The fourth-order valence-corrected chi connectivity index (χ4v) is 2.86. The van der Waals surface area contributed by atoms with Crippen LogP contribution >= 0.6 is 0 Å². The van der Waals surface area contributed by atoms with Crippen LogP contribution in [-0.2, 0) is 16.1 Å². The molecule has 1 N–H and O–H groups in total. The number of benzene rings is 2. The van der Waals surface area contributed by atoms with E-state index in [1.54, 1.807) is 4.90 Å². The van der Waals surface area contributed by atoms with E-state index < -0.39 is 29.1 Å². The zero-order valence-electron chi connectivity index (χ0n) is 13.8. The number of anilines is 1. The number of carbonyl (C=O) groups is 2. The van der Waals surface area contributed by atoms with Crippen molar-refractivity contribution in [3.05, 3.63) is 65.2 Å². The van der Waals surface area contributed by atoms with Crippen molar-refractivity contribution in [1.82, 2.24) is 4.90 Å². The third-order valence-electron chi connectivity index (χ3n) is 4.29. The monoisotopic (exact) mass is 344 g/mol. The predicted molar refractivity (Wildman–Crippen MR) is 89.7 cm³/mol. The van der Waals surface area contributed by atoms with Gasteiger partial charge in [-0.1, -0.05) is 35.9 Å². The highest BCUT2D eigenvalue weighted by molar-refractivity contribution is 5.97. The maximum atomic E-state index is 13.6. The van der Waals surface area contributed by atoms with Gasteiger partial charge in [0.15, 0.2) is 0 Å². The Bertz CT molecular complexity index is 785. The van der Waals surface area contributed by atoms with E-state index in [2.05, 4.69) is 5.32 Å². The number of nitrogens with one attached hydrogen (secondary N) is 1. The first kappa shape index (κ1) is 17.1. The molecule has 1 heterocycles. The number of hydrogen-bond acceptors (Lipinski definition) is 2. The van der Waals surface area contributed by atoms with Crippen LogP contribution in [0.5, 0.6) is 0 Å². The Balaban J connectivity index is 1.65. The zero-order chi connectivity index (χ0) is 18.0. The van der Waals surface area contributed by atoms with E-state index in [1.165, 1.54) is 6.07 Å². The van der Waals surface area contributed by atoms with Crippen LogP contribution in [0.25, 0.3) is 0 Å². The van der Waals surface area contributed by atoms with Crippen LogP contribution in [0.1, 0.15) is 17.5 Å². The first-order valence-electron chi connectivity index (χ1n) is 8.02. The third-order valence-corrected chi connectivity index (χ3v) is 4.29. The van der Waals surface area contributed by atoms with E-state index in [4.69, 9.17) is 0 Å². The molecule has 3 rings (SSSR count). The molecule has 130 valence electrons. The topological polar surface area (TPSA) is 49.4 Å². The quantitative estimate of drug-likeness (QED) is 0.925. The number of halogens is 2. The van der Waals surface area contributed by atoms with Crippen molar-refractivity contribution >= 4 is 17.5 Å². The molecule has 1 aliphatic heterocycles. The largest absolute Gasteiger partial charge is 0.338 e. The van der Waals surface area contributed by atoms with Gasteiger partial charge in [-0.2, -0.15) is 0 Å². The van der Waals surface area contributed by atoms with Crippen LogP contribution in [-0.4, -0.2) is 23.3 Å². The van der Waals surface area contributed by atoms with E-state index in [0.29, 0.717) is 6.54 Å². The molecular formula is C19H18F2N2O2. The second-order valence-corrected chi connectivity index (χ2v) is 6.25. The summed E-state index contributed by atoms with van der Waals surface area (Å²) in [6.45, 7) is 2.62. The fourth-order valence-electron chi connectivity index (χ4n) is 2.86. The average Bonchev–Trinajstić information content (AvgIpc) is 2.94. The van der Waals surface area contributed by atoms with Crippen molar-refractivity contribution in [3.63, 3.8) is 0 Å². The molecule has 4 nitrogen and oxygen atoms in total. The van der Waals surface area contributed by atoms with Gasteiger partial charge >= 0.3 is 0 Å². The van der Waals surface area contributed by atoms with Crippen LogP contribution < -0.4 is 5.32 Å². The summed E-state index contributed by atoms with van der Waals surface area (Å²) in [6.07, 6.45) is 0.0355. The van der Waals surface area contributed by atoms with Gasteiger partial charge in [-0.15, -0.1) is 0 Å². The Morgan fingerprint density at radius 2 is 1.80 bits per heavy atom. The zero-order valence-corrected chi connectivity index (χ0v) is 13.8. The molecule has 1 aliphatic rings. The van der Waals surface area contributed by atoms with Crippen molar-refractivity contribution in [3.8, 4) is 0 Å². The average molecular weight is 344 g/mol. The minimum absolute atomic E-state index is 0.0355. The van der Waals surface area contributed by atoms with E-state index in [0.717, 1.165) is 23.3 Å². The maximum absolute atomic E-state index is 13.6. The van der Waals surface area contributed by atoms with Gasteiger partial charge < -0.3 is 10.2 Å². The molecule has 1 saturated heterocycles. The molecule has 2 amide bonds. The number of amides is 2. The van der Waals surface area contributed by atoms with Crippen LogP contribution in [0, 0.1) is 24.5 Å². The van der Waals surface area contributed by atoms with Gasteiger partial charge in [-0.25, -0.2) is 8.78 Å². The minimum Gasteiger partial charge on any atom is -0.338 e. The minimum atomic E-state index is -0.839. The highest BCUT2D eigenvalue weighted by Crippen LogP contribution is 2.24. The molecule has 0 aromatic heterocycles. The first-order chi connectivity index (χ1) is 11.9. The summed E-state index contributed by atoms with van der Waals surface area (Å²) in [7, 11) is 0. The van der Waals surface area contributed by atoms with Crippen molar-refractivity contribution in [1.29, 1.82) is 0 Å². The molecule has 25 heavy (non-hydrogen) atoms. The lowest BCUT2D eigenvalue weighted by Crippen LogP contribution is -2.28. The summed E-state index contributed by atoms with van der Waals surface area (Å²) in [4.78, 5) is 26.0. The van der Waals surface area contributed by atoms with Crippen LogP contribution in [0.15, 0.2) is 42.5 Å². The molecule has 0 spiro atoms. The van der Waals surface area contributed by atoms with Gasteiger partial charge in [-0.05, 0) is 24.6 Å². The Kier molecular flexibility index (Phi) is 4.79. The Morgan fingerprint density at radius 1 is 1.16 bits per heavy atom. The van der Waals surface area contributed by atoms with E-state index in [-0.39, 0.29) is 18.9 Å². The van der Waals surface area contributed by atoms with Gasteiger partial charge in [0.25, 0.3) is 0 Å². The van der Waals surface area contributed by atoms with Crippen LogP contribution in [0.4, 0.5) is 14.5 Å². The molecule has 2 aromatic carbocycles. The summed E-state index contributed by atoms with van der Waals surface area (Å²) in [5.74, 6) is -3.00. The molecule has 1 atom stereocenters. The summed E-state index contributed by atoms with van der Waals surface area (Å²) in [6, 6.07) is 11.2. The van der Waals surface area contributed by atoms with Gasteiger partial charge in [0.05, 0.1) is 5.92 Å². The number of carbonyl (C=O) groups excluding carboxylic acids is 2. The highest BCUT2D eigenvalue weighted by Gasteiger charge is 2.34. The molecule has 0 saturated carbocycles. The summed E-state index contributed by atoms with van der Waals surface area (Å²) in [5, 5.41) is 2.27. The Hall–Kier alpha value is -2.76. The lowest BCUT2D eigenvalue weighted by Gasteiger charge is -2.17. The number of hydrogen-bond donors (Lipinski definition) is 1. The molecule has 0 radical (unpaired) electrons. The lowest BCUT2D eigenvalue weighted by atomic mass is 10.1. The van der Waals surface area contributed by atoms with E-state index in [1.807, 2.05) is 31.2 Å². The van der Waals surface area contributed by atoms with E-state index >= 15 is 0 Å². The summed E-state index contributed by atoms with van der Waals surface area (Å²) < 4.78 is 27.3. The molecule has 0 bridgehead atoms. The van der Waals surface area contributed by atoms with Crippen molar-refractivity contribution in [2.45, 2.75) is 19.9 Å². The fraction of sp³-hybridized carbons (Fsp3) is 0.263. The van der Waals surface area contributed by atoms with Gasteiger partial charge in [0, 0.05) is 19.5 Å².